The van der Waals surface area contributed by atoms with Gasteiger partial charge in [0.25, 0.3) is 5.91 Å². The highest BCUT2D eigenvalue weighted by molar-refractivity contribution is 8.26. The number of thioether (sulfide) groups is 1. The number of unbranched alkanes of at least 4 members (excludes halogenated alkanes) is 2. The Hall–Kier alpha value is -2.84. The molecule has 0 saturated carbocycles. The smallest absolute Gasteiger partial charge is 0.266 e. The van der Waals surface area contributed by atoms with Crippen LogP contribution in [0.3, 0.4) is 0 Å². The summed E-state index contributed by atoms with van der Waals surface area (Å²) in [6.07, 6.45) is 4.65. The number of anilines is 1. The molecule has 1 saturated heterocycles. The maximum absolute atomic E-state index is 12.8. The van der Waals surface area contributed by atoms with Crippen LogP contribution in [0.2, 0.25) is 0 Å². The first kappa shape index (κ1) is 24.8. The average molecular weight is 485 g/mol. The van der Waals surface area contributed by atoms with E-state index in [0.717, 1.165) is 36.1 Å². The van der Waals surface area contributed by atoms with Gasteiger partial charge in [0.05, 0.1) is 19.1 Å². The fourth-order valence-corrected chi connectivity index (χ4v) is 4.77. The molecular weight excluding hydrogens is 456 g/mol. The number of hydrogen-bond acceptors (Lipinski definition) is 6. The van der Waals surface area contributed by atoms with E-state index in [9.17, 15) is 9.59 Å². The van der Waals surface area contributed by atoms with E-state index in [1.165, 1.54) is 11.8 Å². The van der Waals surface area contributed by atoms with Crippen LogP contribution in [0.1, 0.15) is 36.8 Å². The molecule has 0 aliphatic carbocycles. The predicted octanol–water partition coefficient (Wildman–Crippen LogP) is 5.41. The van der Waals surface area contributed by atoms with Crippen LogP contribution in [0.4, 0.5) is 5.69 Å². The number of methoxy groups -OCH3 is 2. The maximum Gasteiger partial charge on any atom is 0.266 e. The van der Waals surface area contributed by atoms with Gasteiger partial charge in [0.2, 0.25) is 5.91 Å². The fraction of sp³-hybridized carbons (Fsp3) is 0.320. The molecule has 3 rings (SSSR count). The molecule has 0 radical (unpaired) electrons. The lowest BCUT2D eigenvalue weighted by molar-refractivity contribution is -0.122. The van der Waals surface area contributed by atoms with Crippen molar-refractivity contribution in [3.8, 4) is 11.5 Å². The third-order valence-corrected chi connectivity index (χ3v) is 6.54. The first-order valence-corrected chi connectivity index (χ1v) is 12.0. The van der Waals surface area contributed by atoms with Gasteiger partial charge in [-0.1, -0.05) is 48.6 Å². The zero-order valence-electron chi connectivity index (χ0n) is 19.1. The molecule has 1 aliphatic heterocycles. The lowest BCUT2D eigenvalue weighted by Crippen LogP contribution is -2.29. The summed E-state index contributed by atoms with van der Waals surface area (Å²) in [4.78, 5) is 27.2. The van der Waals surface area contributed by atoms with Crippen molar-refractivity contribution in [1.29, 1.82) is 0 Å². The Morgan fingerprint density at radius 2 is 1.88 bits per heavy atom. The molecule has 174 valence electrons. The Morgan fingerprint density at radius 1 is 1.09 bits per heavy atom. The van der Waals surface area contributed by atoms with Gasteiger partial charge < -0.3 is 14.8 Å². The summed E-state index contributed by atoms with van der Waals surface area (Å²) in [5, 5.41) is 2.92. The molecule has 0 aromatic heterocycles. The van der Waals surface area contributed by atoms with E-state index in [4.69, 9.17) is 21.7 Å². The Balaban J connectivity index is 1.46. The van der Waals surface area contributed by atoms with Gasteiger partial charge in [0.1, 0.15) is 4.32 Å². The van der Waals surface area contributed by atoms with Crippen LogP contribution in [0.5, 0.6) is 11.5 Å². The second kappa shape index (κ2) is 11.9. The summed E-state index contributed by atoms with van der Waals surface area (Å²) >= 11 is 6.72. The van der Waals surface area contributed by atoms with Gasteiger partial charge in [-0.3, -0.25) is 14.5 Å². The minimum Gasteiger partial charge on any atom is -0.493 e. The lowest BCUT2D eigenvalue weighted by Gasteiger charge is -2.14. The van der Waals surface area contributed by atoms with E-state index in [0.29, 0.717) is 33.7 Å². The van der Waals surface area contributed by atoms with Gasteiger partial charge >= 0.3 is 0 Å². The number of aryl methyl sites for hydroxylation is 1. The van der Waals surface area contributed by atoms with Crippen LogP contribution in [-0.4, -0.2) is 41.8 Å². The maximum atomic E-state index is 12.8. The summed E-state index contributed by atoms with van der Waals surface area (Å²) in [6.45, 7) is 2.54. The van der Waals surface area contributed by atoms with Gasteiger partial charge in [-0.15, -0.1) is 0 Å². The molecule has 2 amide bonds. The normalized spacial score (nSPS) is 14.6. The molecule has 0 atom stereocenters. The predicted molar refractivity (Wildman–Crippen MR) is 138 cm³/mol. The summed E-state index contributed by atoms with van der Waals surface area (Å²) in [5.41, 5.74) is 2.77. The molecule has 1 N–H and O–H groups in total. The zero-order valence-corrected chi connectivity index (χ0v) is 20.7. The molecule has 8 heteroatoms. The molecule has 0 spiro atoms. The number of thiocarbonyl (C=S) groups is 1. The number of nitrogens with zero attached hydrogens (tertiary/aromatic N) is 1. The zero-order chi connectivity index (χ0) is 23.8. The standard InChI is InChI=1S/C25H28N2O4S2/c1-17-8-7-9-19(14-17)26-23(28)10-5-4-6-13-27-24(29)22(33-25(27)32)16-18-11-12-20(30-2)21(15-18)31-3/h7-9,11-12,14-16H,4-6,10,13H2,1-3H3,(H,26,28). The fourth-order valence-electron chi connectivity index (χ4n) is 3.47. The van der Waals surface area contributed by atoms with Crippen molar-refractivity contribution >= 4 is 51.9 Å². The van der Waals surface area contributed by atoms with Gasteiger partial charge in [0, 0.05) is 18.7 Å². The Morgan fingerprint density at radius 3 is 2.61 bits per heavy atom. The van der Waals surface area contributed by atoms with Crippen molar-refractivity contribution in [2.24, 2.45) is 0 Å². The van der Waals surface area contributed by atoms with E-state index in [1.54, 1.807) is 25.2 Å². The first-order valence-electron chi connectivity index (χ1n) is 10.7. The summed E-state index contributed by atoms with van der Waals surface area (Å²) in [7, 11) is 3.16. The van der Waals surface area contributed by atoms with Crippen LogP contribution in [-0.2, 0) is 9.59 Å². The summed E-state index contributed by atoms with van der Waals surface area (Å²) in [6, 6.07) is 13.3. The highest BCUT2D eigenvalue weighted by Gasteiger charge is 2.31. The minimum absolute atomic E-state index is 0.00376. The van der Waals surface area contributed by atoms with Crippen molar-refractivity contribution in [3.05, 3.63) is 58.5 Å². The number of hydrogen-bond donors (Lipinski definition) is 1. The lowest BCUT2D eigenvalue weighted by atomic mass is 10.1. The van der Waals surface area contributed by atoms with Crippen LogP contribution in [0.15, 0.2) is 47.4 Å². The number of amides is 2. The molecule has 0 bridgehead atoms. The number of carbonyl (C=O) groups is 2. The van der Waals surface area contributed by atoms with Crippen molar-refractivity contribution < 1.29 is 19.1 Å². The SMILES string of the molecule is COc1ccc(C=C2SC(=S)N(CCCCCC(=O)Nc3cccc(C)c3)C2=O)cc1OC. The Kier molecular flexibility index (Phi) is 8.91. The van der Waals surface area contributed by atoms with E-state index >= 15 is 0 Å². The number of rotatable bonds is 10. The van der Waals surface area contributed by atoms with Crippen LogP contribution >= 0.6 is 24.0 Å². The molecule has 2 aromatic rings. The van der Waals surface area contributed by atoms with Crippen molar-refractivity contribution in [3.63, 3.8) is 0 Å². The quantitative estimate of drug-likeness (QED) is 0.276. The number of benzene rings is 2. The van der Waals surface area contributed by atoms with Crippen LogP contribution in [0, 0.1) is 6.92 Å². The van der Waals surface area contributed by atoms with Crippen molar-refractivity contribution in [2.45, 2.75) is 32.6 Å². The highest BCUT2D eigenvalue weighted by Crippen LogP contribution is 2.34. The third kappa shape index (κ3) is 6.82. The van der Waals surface area contributed by atoms with E-state index in [-0.39, 0.29) is 11.8 Å². The van der Waals surface area contributed by atoms with E-state index in [2.05, 4.69) is 5.32 Å². The van der Waals surface area contributed by atoms with Crippen molar-refractivity contribution in [1.82, 2.24) is 4.90 Å². The monoisotopic (exact) mass is 484 g/mol. The summed E-state index contributed by atoms with van der Waals surface area (Å²) in [5.74, 6) is 1.16. The van der Waals surface area contributed by atoms with Crippen LogP contribution in [0.25, 0.3) is 6.08 Å². The van der Waals surface area contributed by atoms with E-state index < -0.39 is 0 Å². The Labute approximate surface area is 204 Å². The van der Waals surface area contributed by atoms with Crippen LogP contribution < -0.4 is 14.8 Å². The second-order valence-electron chi connectivity index (χ2n) is 7.68. The van der Waals surface area contributed by atoms with E-state index in [1.807, 2.05) is 49.4 Å². The molecule has 6 nitrogen and oxygen atoms in total. The number of ether oxygens (including phenoxy) is 2. The van der Waals surface area contributed by atoms with Gasteiger partial charge in [-0.2, -0.15) is 0 Å². The topological polar surface area (TPSA) is 67.9 Å². The highest BCUT2D eigenvalue weighted by atomic mass is 32.2. The number of nitrogens with one attached hydrogen (secondary N) is 1. The molecular formula is C25H28N2O4S2. The molecule has 1 fully saturated rings. The summed E-state index contributed by atoms with van der Waals surface area (Å²) < 4.78 is 11.1. The Bertz CT molecular complexity index is 1070. The van der Waals surface area contributed by atoms with Crippen molar-refractivity contribution in [2.75, 3.05) is 26.1 Å². The third-order valence-electron chi connectivity index (χ3n) is 5.17. The average Bonchev–Trinajstić information content (AvgIpc) is 3.05. The van der Waals surface area contributed by atoms with Gasteiger partial charge in [-0.05, 0) is 61.2 Å². The van der Waals surface area contributed by atoms with Gasteiger partial charge in [-0.25, -0.2) is 0 Å². The first-order chi connectivity index (χ1) is 15.9. The second-order valence-corrected chi connectivity index (χ2v) is 9.35. The largest absolute Gasteiger partial charge is 0.493 e. The minimum atomic E-state index is -0.0861. The number of carbonyl (C=O) groups excluding carboxylic acids is 2. The molecule has 1 aliphatic rings. The van der Waals surface area contributed by atoms with Gasteiger partial charge in [0.15, 0.2) is 11.5 Å². The molecule has 0 unspecified atom stereocenters. The molecule has 33 heavy (non-hydrogen) atoms. The molecule has 1 heterocycles. The molecule has 2 aromatic carbocycles.